The predicted molar refractivity (Wildman–Crippen MR) is 90.9 cm³/mol. The molecule has 0 aromatic heterocycles. The molecule has 0 heterocycles. The van der Waals surface area contributed by atoms with Crippen LogP contribution >= 0.6 is 0 Å². The van der Waals surface area contributed by atoms with Crippen LogP contribution in [0.3, 0.4) is 0 Å². The van der Waals surface area contributed by atoms with E-state index in [0.29, 0.717) is 0 Å². The molecule has 1 aromatic carbocycles. The standard InChI is InChI=1S/C18H25NO6/c1-17(2,3)25-15(22)18(4,11-10-14(20)21)19-16(23)24-12-13-8-6-5-7-9-13/h5-9H,10-12H2,1-4H3,(H,19,23)(H,20,21)/t18-/m0/s1. The van der Waals surface area contributed by atoms with Gasteiger partial charge in [0.1, 0.15) is 17.7 Å². The van der Waals surface area contributed by atoms with Crippen molar-refractivity contribution in [2.45, 2.75) is 58.3 Å². The molecule has 0 saturated carbocycles. The second-order valence-corrected chi connectivity index (χ2v) is 6.91. The molecular formula is C18H25NO6. The van der Waals surface area contributed by atoms with Gasteiger partial charge in [-0.3, -0.25) is 4.79 Å². The molecule has 1 rings (SSSR count). The van der Waals surface area contributed by atoms with Gasteiger partial charge in [0.05, 0.1) is 0 Å². The van der Waals surface area contributed by atoms with Gasteiger partial charge in [0.15, 0.2) is 0 Å². The van der Waals surface area contributed by atoms with Crippen molar-refractivity contribution in [2.75, 3.05) is 0 Å². The summed E-state index contributed by atoms with van der Waals surface area (Å²) >= 11 is 0. The third kappa shape index (κ3) is 7.69. The van der Waals surface area contributed by atoms with Gasteiger partial charge in [-0.1, -0.05) is 30.3 Å². The van der Waals surface area contributed by atoms with Gasteiger partial charge in [0.25, 0.3) is 0 Å². The second-order valence-electron chi connectivity index (χ2n) is 6.91. The Bertz CT molecular complexity index is 608. The summed E-state index contributed by atoms with van der Waals surface area (Å²) in [6.45, 7) is 6.53. The van der Waals surface area contributed by atoms with E-state index in [0.717, 1.165) is 5.56 Å². The largest absolute Gasteiger partial charge is 0.481 e. The number of carbonyl (C=O) groups excluding carboxylic acids is 2. The lowest BCUT2D eigenvalue weighted by atomic mass is 9.95. The predicted octanol–water partition coefficient (Wildman–Crippen LogP) is 2.88. The van der Waals surface area contributed by atoms with Gasteiger partial charge in [-0.2, -0.15) is 0 Å². The Morgan fingerprint density at radius 1 is 1.08 bits per heavy atom. The lowest BCUT2D eigenvalue weighted by Crippen LogP contribution is -2.54. The average molecular weight is 351 g/mol. The SMILES string of the molecule is CC(C)(C)OC(=O)[C@](C)(CCC(=O)O)NC(=O)OCc1ccccc1. The van der Waals surface area contributed by atoms with Crippen molar-refractivity contribution in [3.05, 3.63) is 35.9 Å². The summed E-state index contributed by atoms with van der Waals surface area (Å²) in [5.74, 6) is -1.79. The molecule has 2 N–H and O–H groups in total. The first-order valence-corrected chi connectivity index (χ1v) is 7.96. The zero-order valence-electron chi connectivity index (χ0n) is 15.0. The third-order valence-electron chi connectivity index (χ3n) is 3.28. The molecule has 0 radical (unpaired) electrons. The number of hydrogen-bond donors (Lipinski definition) is 2. The number of amides is 1. The number of ether oxygens (including phenoxy) is 2. The molecule has 0 aliphatic carbocycles. The van der Waals surface area contributed by atoms with Crippen LogP contribution in [0.5, 0.6) is 0 Å². The Labute approximate surface area is 147 Å². The fraction of sp³-hybridized carbons (Fsp3) is 0.500. The summed E-state index contributed by atoms with van der Waals surface area (Å²) in [7, 11) is 0. The van der Waals surface area contributed by atoms with Crippen LogP contribution < -0.4 is 5.32 Å². The highest BCUT2D eigenvalue weighted by Crippen LogP contribution is 2.20. The van der Waals surface area contributed by atoms with Crippen LogP contribution in [0, 0.1) is 0 Å². The minimum atomic E-state index is -1.50. The summed E-state index contributed by atoms with van der Waals surface area (Å²) < 4.78 is 10.4. The molecule has 0 aliphatic heterocycles. The Morgan fingerprint density at radius 2 is 1.68 bits per heavy atom. The van der Waals surface area contributed by atoms with E-state index in [1.165, 1.54) is 6.92 Å². The molecule has 0 fully saturated rings. The quantitative estimate of drug-likeness (QED) is 0.732. The van der Waals surface area contributed by atoms with Crippen LogP contribution in [0.1, 0.15) is 46.1 Å². The first-order valence-electron chi connectivity index (χ1n) is 7.96. The van der Waals surface area contributed by atoms with Gasteiger partial charge in [-0.15, -0.1) is 0 Å². The molecule has 1 atom stereocenters. The average Bonchev–Trinajstić information content (AvgIpc) is 2.50. The summed E-state index contributed by atoms with van der Waals surface area (Å²) in [6, 6.07) is 9.06. The minimum absolute atomic E-state index is 0.0377. The summed E-state index contributed by atoms with van der Waals surface area (Å²) in [5.41, 5.74) is -1.47. The number of carbonyl (C=O) groups is 3. The fourth-order valence-electron chi connectivity index (χ4n) is 1.95. The van der Waals surface area contributed by atoms with Gasteiger partial charge < -0.3 is 19.9 Å². The number of carboxylic acids is 1. The van der Waals surface area contributed by atoms with Crippen molar-refractivity contribution in [1.29, 1.82) is 0 Å². The van der Waals surface area contributed by atoms with Crippen LogP contribution in [-0.2, 0) is 25.7 Å². The normalized spacial score (nSPS) is 13.4. The van der Waals surface area contributed by atoms with Crippen LogP contribution in [0.25, 0.3) is 0 Å². The Hall–Kier alpha value is -2.57. The topological polar surface area (TPSA) is 102 Å². The van der Waals surface area contributed by atoms with Crippen LogP contribution in [-0.4, -0.2) is 34.3 Å². The fourth-order valence-corrected chi connectivity index (χ4v) is 1.95. The Kier molecular flexibility index (Phi) is 6.97. The highest BCUT2D eigenvalue weighted by molar-refractivity contribution is 5.86. The lowest BCUT2D eigenvalue weighted by molar-refractivity contribution is -0.162. The van der Waals surface area contributed by atoms with Crippen LogP contribution in [0.4, 0.5) is 4.79 Å². The highest BCUT2D eigenvalue weighted by atomic mass is 16.6. The number of nitrogens with one attached hydrogen (secondary N) is 1. The highest BCUT2D eigenvalue weighted by Gasteiger charge is 2.39. The molecule has 1 aromatic rings. The van der Waals surface area contributed by atoms with E-state index in [1.54, 1.807) is 32.9 Å². The van der Waals surface area contributed by atoms with Gasteiger partial charge in [0.2, 0.25) is 0 Å². The first kappa shape index (κ1) is 20.5. The summed E-state index contributed by atoms with van der Waals surface area (Å²) in [5, 5.41) is 11.3. The molecule has 0 unspecified atom stereocenters. The van der Waals surface area contributed by atoms with Crippen molar-refractivity contribution >= 4 is 18.0 Å². The molecular weight excluding hydrogens is 326 g/mol. The molecule has 7 heteroatoms. The van der Waals surface area contributed by atoms with Gasteiger partial charge in [-0.05, 0) is 39.7 Å². The third-order valence-corrected chi connectivity index (χ3v) is 3.28. The first-order chi connectivity index (χ1) is 11.5. The number of carboxylic acid groups (broad SMARTS) is 1. The minimum Gasteiger partial charge on any atom is -0.481 e. The molecule has 7 nitrogen and oxygen atoms in total. The second kappa shape index (κ2) is 8.50. The van der Waals surface area contributed by atoms with E-state index in [1.807, 2.05) is 18.2 Å². The van der Waals surface area contributed by atoms with E-state index in [9.17, 15) is 14.4 Å². The number of alkyl carbamates (subject to hydrolysis) is 1. The molecule has 0 aliphatic rings. The number of benzene rings is 1. The molecule has 138 valence electrons. The molecule has 25 heavy (non-hydrogen) atoms. The summed E-state index contributed by atoms with van der Waals surface area (Å²) in [4.78, 5) is 35.3. The van der Waals surface area contributed by atoms with E-state index < -0.39 is 29.2 Å². The maximum atomic E-state index is 12.4. The monoisotopic (exact) mass is 351 g/mol. The van der Waals surface area contributed by atoms with E-state index in [2.05, 4.69) is 5.32 Å². The smallest absolute Gasteiger partial charge is 0.408 e. The molecule has 0 spiro atoms. The number of esters is 1. The summed E-state index contributed by atoms with van der Waals surface area (Å²) in [6.07, 6.45) is -1.23. The zero-order valence-corrected chi connectivity index (χ0v) is 15.0. The number of aliphatic carboxylic acids is 1. The number of rotatable bonds is 7. The van der Waals surface area contributed by atoms with Crippen LogP contribution in [0.15, 0.2) is 30.3 Å². The van der Waals surface area contributed by atoms with E-state index in [4.69, 9.17) is 14.6 Å². The van der Waals surface area contributed by atoms with Crippen molar-refractivity contribution in [1.82, 2.24) is 5.32 Å². The van der Waals surface area contributed by atoms with Crippen molar-refractivity contribution in [3.63, 3.8) is 0 Å². The van der Waals surface area contributed by atoms with Crippen LogP contribution in [0.2, 0.25) is 0 Å². The Balaban J connectivity index is 2.75. The van der Waals surface area contributed by atoms with E-state index >= 15 is 0 Å². The zero-order chi connectivity index (χ0) is 19.1. The Morgan fingerprint density at radius 3 is 2.20 bits per heavy atom. The van der Waals surface area contributed by atoms with Gasteiger partial charge in [0, 0.05) is 6.42 Å². The van der Waals surface area contributed by atoms with Crippen molar-refractivity contribution in [2.24, 2.45) is 0 Å². The number of hydrogen-bond acceptors (Lipinski definition) is 5. The van der Waals surface area contributed by atoms with Crippen molar-refractivity contribution < 1.29 is 29.0 Å². The van der Waals surface area contributed by atoms with Gasteiger partial charge in [-0.25, -0.2) is 9.59 Å². The van der Waals surface area contributed by atoms with E-state index in [-0.39, 0.29) is 19.4 Å². The van der Waals surface area contributed by atoms with Crippen molar-refractivity contribution in [3.8, 4) is 0 Å². The maximum Gasteiger partial charge on any atom is 0.408 e. The molecule has 1 amide bonds. The van der Waals surface area contributed by atoms with Gasteiger partial charge >= 0.3 is 18.0 Å². The molecule has 0 bridgehead atoms. The molecule has 0 saturated heterocycles. The lowest BCUT2D eigenvalue weighted by Gasteiger charge is -2.31. The maximum absolute atomic E-state index is 12.4.